The first-order valence-corrected chi connectivity index (χ1v) is 46.7. The highest BCUT2D eigenvalue weighted by atomic mass is 32.1. The Morgan fingerprint density at radius 1 is 0.185 bits per heavy atom. The van der Waals surface area contributed by atoms with E-state index in [1.807, 2.05) is 40.9 Å². The molecule has 0 radical (unpaired) electrons. The lowest BCUT2D eigenvalue weighted by Crippen LogP contribution is -2.23. The molecule has 0 N–H and O–H groups in total. The van der Waals surface area contributed by atoms with E-state index in [2.05, 4.69) is 469 Å². The summed E-state index contributed by atoms with van der Waals surface area (Å²) in [5, 5.41) is 4.52. The number of benzene rings is 17. The van der Waals surface area contributed by atoms with Crippen LogP contribution in [0, 0.1) is 0 Å². The maximum absolute atomic E-state index is 6.52. The normalized spacial score (nSPS) is 13.9. The van der Waals surface area contributed by atoms with Crippen molar-refractivity contribution in [1.82, 2.24) is 0 Å². The van der Waals surface area contributed by atoms with Crippen LogP contribution in [0.2, 0.25) is 0 Å². The molecule has 4 aliphatic rings. The fourth-order valence-electron chi connectivity index (χ4n) is 21.8. The topological polar surface area (TPSA) is 39.2 Å². The van der Waals surface area contributed by atoms with Gasteiger partial charge in [0.1, 0.15) is 22.3 Å². The van der Waals surface area contributed by atoms with Crippen LogP contribution in [-0.4, -0.2) is 0 Å². The van der Waals surface area contributed by atoms with Gasteiger partial charge in [0, 0.05) is 143 Å². The van der Waals surface area contributed by atoms with Gasteiger partial charge in [-0.05, 0) is 223 Å². The van der Waals surface area contributed by atoms with Gasteiger partial charge in [-0.1, -0.05) is 316 Å². The summed E-state index contributed by atoms with van der Waals surface area (Å²) in [6.07, 6.45) is 0. The Morgan fingerprint density at radius 3 is 0.738 bits per heavy atom. The largest absolute Gasteiger partial charge is 0.456 e. The molecular weight excluding hydrogens is 1620 g/mol. The molecule has 0 atom stereocenters. The average molecular weight is 1710 g/mol. The molecule has 4 aromatic heterocycles. The molecule has 4 aliphatic carbocycles. The highest BCUT2D eigenvalue weighted by Gasteiger charge is 2.51. The van der Waals surface area contributed by atoms with E-state index in [0.717, 1.165) is 112 Å². The molecule has 6 nitrogen and oxygen atoms in total. The number of thiophene rings is 2. The van der Waals surface area contributed by atoms with E-state index in [1.54, 1.807) is 0 Å². The monoisotopic (exact) mass is 1710 g/mol. The number of rotatable bonds is 15. The first kappa shape index (κ1) is 78.4. The summed E-state index contributed by atoms with van der Waals surface area (Å²) < 4.78 is 12.9. The van der Waals surface area contributed by atoms with E-state index in [1.165, 1.54) is 120 Å². The maximum Gasteiger partial charge on any atom is 0.137 e. The van der Waals surface area contributed by atoms with Gasteiger partial charge in [0.2, 0.25) is 0 Å². The van der Waals surface area contributed by atoms with Gasteiger partial charge in [-0.2, -0.15) is 0 Å². The molecule has 0 saturated carbocycles. The molecule has 8 heteroatoms. The second kappa shape index (κ2) is 30.3. The van der Waals surface area contributed by atoms with Crippen molar-refractivity contribution in [2.45, 2.75) is 77.0 Å². The highest BCUT2D eigenvalue weighted by molar-refractivity contribution is 7.20. The molecule has 0 saturated heterocycles. The van der Waals surface area contributed by atoms with Crippen LogP contribution in [0.25, 0.3) is 119 Å². The third-order valence-corrected chi connectivity index (χ3v) is 30.5. The first-order chi connectivity index (χ1) is 63.5. The molecule has 4 heterocycles. The standard InChI is InChI=1S/C64H48N2OS.C58H44N2OS/c1-63(2)53-38-44(65(43-24-12-7-13-25-43)55-29-17-14-26-47(55)41-20-8-5-9-21-41)33-36-51(53)61-59(63)60-62(68-61)52-37-34-45(39-54(52)64(60,3)4)66(56-30-18-15-27-48(56)42-22-10-6-11-23-42)46-32-35-50-49-28-16-19-31-57(49)67-58(50)40-46;1-57(2)48-34-40(59(38-20-10-6-11-21-38)42-28-31-45-44-25-15-17-27-51(44)61-52(45)36-42)29-32-46(48)55-53(57)54-56(62-55)47-33-30-41(35-49(47)58(54,3)4)60(39-22-12-7-13-23-39)50-26-16-14-24-43(50)37-18-8-5-9-19-37/h5-40H,1-4H3;5-36H,1-4H3. The van der Waals surface area contributed by atoms with E-state index in [-0.39, 0.29) is 21.7 Å². The minimum Gasteiger partial charge on any atom is -0.456 e. The summed E-state index contributed by atoms with van der Waals surface area (Å²) in [5.41, 5.74) is 40.0. The van der Waals surface area contributed by atoms with Gasteiger partial charge in [0.05, 0.1) is 17.1 Å². The fraction of sp³-hybridized carbons (Fsp3) is 0.0984. The molecule has 17 aromatic carbocycles. The zero-order chi connectivity index (χ0) is 87.5. The average Bonchev–Trinajstić information content (AvgIpc) is 1.52. The van der Waals surface area contributed by atoms with Gasteiger partial charge in [0.25, 0.3) is 0 Å². The summed E-state index contributed by atoms with van der Waals surface area (Å²) >= 11 is 3.96. The van der Waals surface area contributed by atoms with Crippen molar-refractivity contribution < 1.29 is 8.83 Å². The molecule has 130 heavy (non-hydrogen) atoms. The number of nitrogens with zero attached hydrogens (tertiary/aromatic N) is 4. The molecule has 0 spiro atoms. The van der Waals surface area contributed by atoms with Crippen LogP contribution in [0.4, 0.5) is 68.2 Å². The molecule has 0 unspecified atom stereocenters. The molecule has 0 fully saturated rings. The molecule has 0 aliphatic heterocycles. The van der Waals surface area contributed by atoms with Crippen molar-refractivity contribution in [3.63, 3.8) is 0 Å². The maximum atomic E-state index is 6.52. The van der Waals surface area contributed by atoms with Crippen molar-refractivity contribution in [1.29, 1.82) is 0 Å². The van der Waals surface area contributed by atoms with Crippen molar-refractivity contribution in [3.8, 4) is 75.1 Å². The van der Waals surface area contributed by atoms with Gasteiger partial charge in [-0.15, -0.1) is 22.7 Å². The second-order valence-corrected chi connectivity index (χ2v) is 39.0. The Labute approximate surface area is 766 Å². The molecule has 624 valence electrons. The number of fused-ring (bicyclic) bond motifs is 20. The SMILES string of the molecule is CC1(C)c2cc(N(c3ccccc3)c3ccc4c(c3)oc3ccccc34)ccc2-c2sc3c(c21)C(C)(C)c1cc(N(c2ccccc2)c2ccccc2-c2ccccc2)ccc1-3.CC1(C)c2cc(N(c3ccccc3)c3ccccc3-c3ccccc3)ccc2-c2sc3c(c21)C(C)(C)c1cc(N(c2ccc4c(c2)oc2ccccc24)c2ccccc2-c2ccccc2)ccc1-3. The van der Waals surface area contributed by atoms with Crippen LogP contribution >= 0.6 is 22.7 Å². The smallest absolute Gasteiger partial charge is 0.137 e. The quantitative estimate of drug-likeness (QED) is 0.102. The van der Waals surface area contributed by atoms with Crippen LogP contribution in [0.3, 0.4) is 0 Å². The van der Waals surface area contributed by atoms with Crippen molar-refractivity contribution >= 4 is 135 Å². The summed E-state index contributed by atoms with van der Waals surface area (Å²) in [4.78, 5) is 15.3. The van der Waals surface area contributed by atoms with E-state index in [9.17, 15) is 0 Å². The summed E-state index contributed by atoms with van der Waals surface area (Å²) in [6, 6.07) is 149. The Morgan fingerprint density at radius 2 is 0.415 bits per heavy atom. The molecular formula is C122H92N4O2S2. The Balaban J connectivity index is 0.000000145. The predicted molar refractivity (Wildman–Crippen MR) is 548 cm³/mol. The third-order valence-electron chi connectivity index (χ3n) is 28.0. The van der Waals surface area contributed by atoms with Crippen LogP contribution in [0.15, 0.2) is 421 Å². The highest BCUT2D eigenvalue weighted by Crippen LogP contribution is 2.67. The van der Waals surface area contributed by atoms with E-state index in [0.29, 0.717) is 0 Å². The summed E-state index contributed by atoms with van der Waals surface area (Å²) in [7, 11) is 0. The lowest BCUT2D eigenvalue weighted by atomic mass is 9.74. The Kier molecular flexibility index (Phi) is 18.3. The number of furan rings is 2. The van der Waals surface area contributed by atoms with Gasteiger partial charge in [0.15, 0.2) is 0 Å². The lowest BCUT2D eigenvalue weighted by Gasteiger charge is -2.32. The Bertz CT molecular complexity index is 8060. The van der Waals surface area contributed by atoms with Crippen LogP contribution < -0.4 is 19.6 Å². The number of hydrogen-bond acceptors (Lipinski definition) is 8. The Hall–Kier alpha value is -15.1. The van der Waals surface area contributed by atoms with Crippen molar-refractivity contribution in [2.24, 2.45) is 0 Å². The molecule has 25 rings (SSSR count). The zero-order valence-corrected chi connectivity index (χ0v) is 75.3. The summed E-state index contributed by atoms with van der Waals surface area (Å²) in [5.74, 6) is 0. The van der Waals surface area contributed by atoms with E-state index in [4.69, 9.17) is 8.83 Å². The predicted octanol–water partition coefficient (Wildman–Crippen LogP) is 35.4. The van der Waals surface area contributed by atoms with Gasteiger partial charge in [-0.3, -0.25) is 0 Å². The van der Waals surface area contributed by atoms with E-state index < -0.39 is 0 Å². The van der Waals surface area contributed by atoms with Gasteiger partial charge >= 0.3 is 0 Å². The van der Waals surface area contributed by atoms with Crippen molar-refractivity contribution in [3.05, 3.63) is 457 Å². The van der Waals surface area contributed by atoms with Gasteiger partial charge < -0.3 is 28.4 Å². The minimum atomic E-state index is -0.259. The van der Waals surface area contributed by atoms with Crippen LogP contribution in [0.5, 0.6) is 0 Å². The number of hydrogen-bond donors (Lipinski definition) is 0. The third kappa shape index (κ3) is 12.4. The molecule has 0 bridgehead atoms. The number of anilines is 12. The number of para-hydroxylation sites is 8. The second-order valence-electron chi connectivity index (χ2n) is 37.0. The zero-order valence-electron chi connectivity index (χ0n) is 73.7. The fourth-order valence-corrected chi connectivity index (χ4v) is 25.2. The summed E-state index contributed by atoms with van der Waals surface area (Å²) in [6.45, 7) is 19.5. The van der Waals surface area contributed by atoms with E-state index >= 15 is 0 Å². The minimum absolute atomic E-state index is 0.216. The van der Waals surface area contributed by atoms with Crippen molar-refractivity contribution in [2.75, 3.05) is 19.6 Å². The molecule has 21 aromatic rings. The lowest BCUT2D eigenvalue weighted by molar-refractivity contribution is 0.603. The van der Waals surface area contributed by atoms with Gasteiger partial charge in [-0.25, -0.2) is 0 Å². The van der Waals surface area contributed by atoms with Crippen LogP contribution in [-0.2, 0) is 21.7 Å². The molecule has 0 amide bonds. The first-order valence-electron chi connectivity index (χ1n) is 45.1. The van der Waals surface area contributed by atoms with Crippen LogP contribution in [0.1, 0.15) is 99.9 Å².